The molecule has 4 rings (SSSR count). The van der Waals surface area contributed by atoms with Crippen LogP contribution in [0.4, 0.5) is 5.00 Å². The number of nitrogens with zero attached hydrogens (tertiary/aromatic N) is 1. The number of ether oxygens (including phenoxy) is 1. The van der Waals surface area contributed by atoms with E-state index in [1.807, 2.05) is 48.5 Å². The standard InChI is InChI=1S/C25H27ClN2O4S2/c1-23(2,3)32-22(29)25(15-24(25,16-27)18-7-5-4-6-8-18)28(34(30)31)21-14-13-20(33-21)17-9-11-19(26)12-10-17/h4-14H,15-16,27H2,1-3H3,(H,30,31)/p-1. The van der Waals surface area contributed by atoms with Gasteiger partial charge in [-0.3, -0.25) is 8.51 Å². The summed E-state index contributed by atoms with van der Waals surface area (Å²) in [6.07, 6.45) is 0.220. The quantitative estimate of drug-likeness (QED) is 0.349. The van der Waals surface area contributed by atoms with E-state index in [0.29, 0.717) is 10.0 Å². The molecule has 180 valence electrons. The lowest BCUT2D eigenvalue weighted by atomic mass is 9.90. The Balaban J connectivity index is 1.84. The van der Waals surface area contributed by atoms with Gasteiger partial charge in [0.15, 0.2) is 5.54 Å². The van der Waals surface area contributed by atoms with Gasteiger partial charge in [0.25, 0.3) is 0 Å². The molecule has 2 aromatic carbocycles. The Morgan fingerprint density at radius 3 is 2.35 bits per heavy atom. The summed E-state index contributed by atoms with van der Waals surface area (Å²) < 4.78 is 32.4. The number of rotatable bonds is 7. The number of carbonyl (C=O) groups is 1. The third-order valence-electron chi connectivity index (χ3n) is 6.05. The maximum atomic E-state index is 13.7. The summed E-state index contributed by atoms with van der Waals surface area (Å²) in [6.45, 7) is 5.36. The second-order valence-electron chi connectivity index (χ2n) is 9.35. The van der Waals surface area contributed by atoms with E-state index in [9.17, 15) is 13.6 Å². The highest BCUT2D eigenvalue weighted by Crippen LogP contribution is 2.63. The minimum absolute atomic E-state index is 0.0827. The van der Waals surface area contributed by atoms with Crippen molar-refractivity contribution >= 4 is 45.2 Å². The Kier molecular flexibility index (Phi) is 6.65. The molecule has 34 heavy (non-hydrogen) atoms. The van der Waals surface area contributed by atoms with Gasteiger partial charge >= 0.3 is 5.97 Å². The van der Waals surface area contributed by atoms with Crippen LogP contribution < -0.4 is 10.0 Å². The van der Waals surface area contributed by atoms with E-state index in [4.69, 9.17) is 22.1 Å². The molecule has 1 fully saturated rings. The number of benzene rings is 2. The van der Waals surface area contributed by atoms with E-state index >= 15 is 0 Å². The van der Waals surface area contributed by atoms with Crippen LogP contribution in [0.15, 0.2) is 66.7 Å². The molecule has 3 aromatic rings. The molecule has 6 nitrogen and oxygen atoms in total. The SMILES string of the molecule is CC(C)(C)OC(=O)C1(N(c2ccc(-c3ccc(Cl)cc3)s2)S(=O)[O-])CC1(CN)c1ccccc1. The van der Waals surface area contributed by atoms with Crippen molar-refractivity contribution in [1.29, 1.82) is 0 Å². The first-order valence-corrected chi connectivity index (χ1v) is 13.0. The van der Waals surface area contributed by atoms with E-state index in [-0.39, 0.29) is 13.0 Å². The first-order valence-electron chi connectivity index (χ1n) is 10.8. The number of thiophene rings is 1. The van der Waals surface area contributed by atoms with Gasteiger partial charge in [-0.15, -0.1) is 11.3 Å². The van der Waals surface area contributed by atoms with Crippen molar-refractivity contribution in [3.05, 3.63) is 77.3 Å². The summed E-state index contributed by atoms with van der Waals surface area (Å²) in [6, 6.07) is 20.2. The summed E-state index contributed by atoms with van der Waals surface area (Å²) >= 11 is 4.52. The lowest BCUT2D eigenvalue weighted by Crippen LogP contribution is -2.53. The van der Waals surface area contributed by atoms with Crippen LogP contribution >= 0.6 is 22.9 Å². The highest BCUT2D eigenvalue weighted by atomic mass is 35.5. The van der Waals surface area contributed by atoms with Crippen molar-refractivity contribution < 1.29 is 18.3 Å². The Bertz CT molecular complexity index is 1210. The molecule has 1 aromatic heterocycles. The number of halogens is 1. The van der Waals surface area contributed by atoms with Gasteiger partial charge in [0.2, 0.25) is 0 Å². The zero-order valence-corrected chi connectivity index (χ0v) is 21.5. The zero-order chi connectivity index (χ0) is 24.7. The van der Waals surface area contributed by atoms with Crippen LogP contribution in [0.1, 0.15) is 32.8 Å². The van der Waals surface area contributed by atoms with Crippen LogP contribution in [0.5, 0.6) is 0 Å². The molecular weight excluding hydrogens is 492 g/mol. The van der Waals surface area contributed by atoms with Crippen LogP contribution in [-0.4, -0.2) is 32.4 Å². The predicted octanol–water partition coefficient (Wildman–Crippen LogP) is 5.05. The lowest BCUT2D eigenvalue weighted by Gasteiger charge is -2.37. The maximum Gasteiger partial charge on any atom is 0.334 e. The average molecular weight is 518 g/mol. The molecule has 0 saturated heterocycles. The second-order valence-corrected chi connectivity index (χ2v) is 11.6. The molecule has 3 atom stereocenters. The lowest BCUT2D eigenvalue weighted by molar-refractivity contribution is -0.158. The van der Waals surface area contributed by atoms with Crippen molar-refractivity contribution in [3.63, 3.8) is 0 Å². The first kappa shape index (κ1) is 24.9. The summed E-state index contributed by atoms with van der Waals surface area (Å²) in [4.78, 5) is 14.6. The van der Waals surface area contributed by atoms with E-state index in [0.717, 1.165) is 20.3 Å². The summed E-state index contributed by atoms with van der Waals surface area (Å²) in [5.74, 6) is -0.611. The fraction of sp³-hybridized carbons (Fsp3) is 0.320. The van der Waals surface area contributed by atoms with E-state index < -0.39 is 33.8 Å². The van der Waals surface area contributed by atoms with Crippen molar-refractivity contribution in [2.75, 3.05) is 10.8 Å². The topological polar surface area (TPSA) is 95.7 Å². The van der Waals surface area contributed by atoms with Gasteiger partial charge in [0, 0.05) is 33.1 Å². The molecule has 0 aliphatic heterocycles. The van der Waals surface area contributed by atoms with Crippen molar-refractivity contribution in [2.24, 2.45) is 5.73 Å². The predicted molar refractivity (Wildman–Crippen MR) is 137 cm³/mol. The highest BCUT2D eigenvalue weighted by molar-refractivity contribution is 7.81. The fourth-order valence-electron chi connectivity index (χ4n) is 4.42. The van der Waals surface area contributed by atoms with Gasteiger partial charge in [-0.05, 0) is 62.6 Å². The average Bonchev–Trinajstić information content (AvgIpc) is 3.24. The molecule has 1 heterocycles. The van der Waals surface area contributed by atoms with E-state index in [1.165, 1.54) is 11.3 Å². The zero-order valence-electron chi connectivity index (χ0n) is 19.1. The van der Waals surface area contributed by atoms with E-state index in [2.05, 4.69) is 0 Å². The molecule has 0 amide bonds. The third kappa shape index (κ3) is 4.29. The van der Waals surface area contributed by atoms with E-state index in [1.54, 1.807) is 39.0 Å². The minimum atomic E-state index is -2.76. The fourth-order valence-corrected chi connectivity index (χ4v) is 6.61. The molecule has 1 aliphatic carbocycles. The molecule has 0 spiro atoms. The monoisotopic (exact) mass is 517 g/mol. The summed E-state index contributed by atoms with van der Waals surface area (Å²) in [5, 5.41) is 1.02. The van der Waals surface area contributed by atoms with Crippen molar-refractivity contribution in [3.8, 4) is 10.4 Å². The number of hydrogen-bond donors (Lipinski definition) is 1. The number of hydrogen-bond acceptors (Lipinski definition) is 6. The number of esters is 1. The Morgan fingerprint density at radius 1 is 1.15 bits per heavy atom. The second kappa shape index (κ2) is 9.09. The van der Waals surface area contributed by atoms with Gasteiger partial charge in [-0.1, -0.05) is 54.1 Å². The maximum absolute atomic E-state index is 13.7. The normalized spacial score (nSPS) is 22.8. The smallest absolute Gasteiger partial charge is 0.334 e. The minimum Gasteiger partial charge on any atom is -0.755 e. The van der Waals surface area contributed by atoms with Gasteiger partial charge in [0.1, 0.15) is 10.6 Å². The van der Waals surface area contributed by atoms with Crippen molar-refractivity contribution in [2.45, 2.75) is 43.7 Å². The molecule has 1 saturated carbocycles. The molecule has 2 N–H and O–H groups in total. The first-order chi connectivity index (χ1) is 16.0. The number of carbonyl (C=O) groups excluding carboxylic acids is 1. The molecule has 0 bridgehead atoms. The largest absolute Gasteiger partial charge is 0.755 e. The molecule has 3 unspecified atom stereocenters. The third-order valence-corrected chi connectivity index (χ3v) is 8.35. The Morgan fingerprint density at radius 2 is 1.79 bits per heavy atom. The van der Waals surface area contributed by atoms with Crippen LogP contribution in [-0.2, 0) is 26.2 Å². The Labute approximate surface area is 211 Å². The van der Waals surface area contributed by atoms with Crippen LogP contribution in [0.25, 0.3) is 10.4 Å². The number of anilines is 1. The summed E-state index contributed by atoms with van der Waals surface area (Å²) in [7, 11) is 0. The Hall–Kier alpha value is -2.23. The molecule has 1 aliphatic rings. The highest BCUT2D eigenvalue weighted by Gasteiger charge is 2.77. The van der Waals surface area contributed by atoms with Crippen molar-refractivity contribution in [1.82, 2.24) is 0 Å². The molecule has 9 heteroatoms. The van der Waals surface area contributed by atoms with Gasteiger partial charge in [0.05, 0.1) is 0 Å². The van der Waals surface area contributed by atoms with Crippen LogP contribution in [0, 0.1) is 0 Å². The van der Waals surface area contributed by atoms with Crippen LogP contribution in [0.2, 0.25) is 5.02 Å². The molecule has 0 radical (unpaired) electrons. The van der Waals surface area contributed by atoms with Gasteiger partial charge in [-0.2, -0.15) is 0 Å². The van der Waals surface area contributed by atoms with Gasteiger partial charge < -0.3 is 15.0 Å². The molecular formula is C25H26ClN2O4S2-. The summed E-state index contributed by atoms with van der Waals surface area (Å²) in [5.41, 5.74) is 4.74. The van der Waals surface area contributed by atoms with Gasteiger partial charge in [-0.25, -0.2) is 4.79 Å². The number of nitrogens with two attached hydrogens (primary N) is 1. The van der Waals surface area contributed by atoms with Crippen LogP contribution in [0.3, 0.4) is 0 Å².